The van der Waals surface area contributed by atoms with E-state index in [1.165, 1.54) is 16.7 Å². The van der Waals surface area contributed by atoms with Crippen LogP contribution in [0.1, 0.15) is 26.7 Å². The minimum absolute atomic E-state index is 0.0774. The lowest BCUT2D eigenvalue weighted by Gasteiger charge is -2.46. The number of nitrogens with zero attached hydrogens (tertiary/aromatic N) is 1. The summed E-state index contributed by atoms with van der Waals surface area (Å²) in [6.45, 7) is 4.85. The van der Waals surface area contributed by atoms with Crippen LogP contribution in [0.25, 0.3) is 0 Å². The summed E-state index contributed by atoms with van der Waals surface area (Å²) in [6.07, 6.45) is 0.696. The predicted molar refractivity (Wildman–Crippen MR) is 102 cm³/mol. The monoisotopic (exact) mass is 399 g/mol. The molecule has 9 heteroatoms. The van der Waals surface area contributed by atoms with Gasteiger partial charge in [0, 0.05) is 35.3 Å². The number of rotatable bonds is 8. The molecule has 0 aromatic heterocycles. The van der Waals surface area contributed by atoms with Crippen molar-refractivity contribution in [1.29, 1.82) is 0 Å². The smallest absolute Gasteiger partial charge is 0.353 e. The van der Waals surface area contributed by atoms with E-state index in [-0.39, 0.29) is 47.4 Å². The maximum Gasteiger partial charge on any atom is 0.353 e. The minimum Gasteiger partial charge on any atom is -0.477 e. The molecule has 152 valence electrons. The van der Waals surface area contributed by atoms with Crippen LogP contribution in [-0.2, 0) is 9.59 Å². The molecule has 0 radical (unpaired) electrons. The zero-order chi connectivity index (χ0) is 19.9. The molecule has 0 saturated carbocycles. The Kier molecular flexibility index (Phi) is 6.17. The summed E-state index contributed by atoms with van der Waals surface area (Å²) >= 11 is 1.53. The Bertz CT molecular complexity index is 640. The maximum absolute atomic E-state index is 12.4. The summed E-state index contributed by atoms with van der Waals surface area (Å²) in [6, 6.07) is -0.0726. The van der Waals surface area contributed by atoms with Crippen LogP contribution in [0.4, 0.5) is 0 Å². The summed E-state index contributed by atoms with van der Waals surface area (Å²) in [5.74, 6) is -1.85. The van der Waals surface area contributed by atoms with Gasteiger partial charge in [-0.25, -0.2) is 4.79 Å². The van der Waals surface area contributed by atoms with Crippen LogP contribution >= 0.6 is 11.8 Å². The first-order valence-electron chi connectivity index (χ1n) is 9.51. The number of hydrogen-bond donors (Lipinski definition) is 5. The first-order chi connectivity index (χ1) is 12.8. The van der Waals surface area contributed by atoms with Crippen molar-refractivity contribution in [1.82, 2.24) is 10.2 Å². The van der Waals surface area contributed by atoms with Crippen molar-refractivity contribution in [3.63, 3.8) is 0 Å². The zero-order valence-electron chi connectivity index (χ0n) is 15.7. The molecule has 3 aliphatic rings. The van der Waals surface area contributed by atoms with Crippen LogP contribution in [0.5, 0.6) is 0 Å². The van der Waals surface area contributed by atoms with Gasteiger partial charge in [0.2, 0.25) is 5.91 Å². The number of carbonyl (C=O) groups excluding carboxylic acids is 1. The average molecular weight is 400 g/mol. The highest BCUT2D eigenvalue weighted by atomic mass is 32.2. The normalized spacial score (nSPS) is 35.2. The molecule has 0 spiro atoms. The minimum atomic E-state index is -1.09. The molecular formula is C18H29N3O5S. The van der Waals surface area contributed by atoms with Crippen molar-refractivity contribution >= 4 is 23.6 Å². The summed E-state index contributed by atoms with van der Waals surface area (Å²) in [7, 11) is 0. The number of amides is 1. The highest BCUT2D eigenvalue weighted by Gasteiger charge is 2.60. The summed E-state index contributed by atoms with van der Waals surface area (Å²) in [5, 5.41) is 32.4. The van der Waals surface area contributed by atoms with Gasteiger partial charge in [-0.3, -0.25) is 4.79 Å². The molecule has 0 aromatic rings. The van der Waals surface area contributed by atoms with Crippen molar-refractivity contribution in [2.75, 3.05) is 19.7 Å². The molecule has 2 fully saturated rings. The van der Waals surface area contributed by atoms with Crippen molar-refractivity contribution in [3.05, 3.63) is 10.6 Å². The van der Waals surface area contributed by atoms with E-state index in [0.29, 0.717) is 13.0 Å². The Morgan fingerprint density at radius 1 is 1.48 bits per heavy atom. The predicted octanol–water partition coefficient (Wildman–Crippen LogP) is -0.439. The van der Waals surface area contributed by atoms with Gasteiger partial charge in [-0.05, 0) is 32.2 Å². The van der Waals surface area contributed by atoms with Crippen LogP contribution in [-0.4, -0.2) is 75.2 Å². The van der Waals surface area contributed by atoms with Gasteiger partial charge in [0.05, 0.1) is 18.1 Å². The quantitative estimate of drug-likeness (QED) is 0.347. The number of aliphatic hydroxyl groups excluding tert-OH is 2. The second-order valence-corrected chi connectivity index (χ2v) is 9.11. The fourth-order valence-corrected chi connectivity index (χ4v) is 6.18. The third-order valence-corrected chi connectivity index (χ3v) is 7.61. The van der Waals surface area contributed by atoms with E-state index in [9.17, 15) is 24.9 Å². The van der Waals surface area contributed by atoms with Gasteiger partial charge in [0.15, 0.2) is 0 Å². The number of fused-ring (bicyclic) bond motifs is 1. The van der Waals surface area contributed by atoms with E-state index >= 15 is 0 Å². The van der Waals surface area contributed by atoms with Gasteiger partial charge in [-0.15, -0.1) is 11.8 Å². The number of nitrogens with two attached hydrogens (primary N) is 1. The molecule has 27 heavy (non-hydrogen) atoms. The molecule has 3 heterocycles. The van der Waals surface area contributed by atoms with Gasteiger partial charge in [0.1, 0.15) is 5.70 Å². The third kappa shape index (κ3) is 3.51. The van der Waals surface area contributed by atoms with Gasteiger partial charge in [-0.1, -0.05) is 6.92 Å². The van der Waals surface area contributed by atoms with Crippen molar-refractivity contribution in [2.45, 2.75) is 50.1 Å². The fourth-order valence-electron chi connectivity index (χ4n) is 4.69. The number of hydrogen-bond acceptors (Lipinski definition) is 7. The van der Waals surface area contributed by atoms with E-state index in [0.717, 1.165) is 17.9 Å². The van der Waals surface area contributed by atoms with Crippen LogP contribution < -0.4 is 11.1 Å². The number of thioether (sulfide) groups is 1. The average Bonchev–Trinajstić information content (AvgIpc) is 3.15. The Hall–Kier alpha value is -1.13. The first-order valence-corrected chi connectivity index (χ1v) is 10.4. The van der Waals surface area contributed by atoms with E-state index in [2.05, 4.69) is 5.32 Å². The van der Waals surface area contributed by atoms with E-state index in [1.54, 1.807) is 6.92 Å². The van der Waals surface area contributed by atoms with Crippen molar-refractivity contribution in [3.8, 4) is 0 Å². The van der Waals surface area contributed by atoms with Gasteiger partial charge < -0.3 is 31.3 Å². The molecule has 3 rings (SSSR count). The summed E-state index contributed by atoms with van der Waals surface area (Å²) in [5.41, 5.74) is 5.90. The second-order valence-electron chi connectivity index (χ2n) is 7.77. The molecule has 0 bridgehead atoms. The van der Waals surface area contributed by atoms with Crippen LogP contribution in [0.2, 0.25) is 0 Å². The fraction of sp³-hybridized carbons (Fsp3) is 0.778. The van der Waals surface area contributed by atoms with E-state index in [1.807, 2.05) is 6.92 Å². The standard InChI is InChI=1S/C18H29N3O5S/c1-8-14-13(9(2)23)17(24)21(14)15(18(25)26)16(8)27-11-5-12(20-7-11)10(6-19)3-4-22/h8-14,20,22-23H,3-7,19H2,1-2H3,(H,25,26)/t8-,9-,10?,11+,12+,13-,14-/m1/s1. The first kappa shape index (κ1) is 20.6. The Morgan fingerprint density at radius 2 is 2.19 bits per heavy atom. The number of β-lactam (4-membered cyclic amide) rings is 1. The number of carbonyl (C=O) groups is 2. The SMILES string of the molecule is C[C@@H](O)[C@H]1C(=O)N2C(C(=O)O)=C(S[C@@H]3CN[C@H](C(CN)CCO)C3)[C@H](C)[C@H]12. The van der Waals surface area contributed by atoms with Gasteiger partial charge >= 0.3 is 5.97 Å². The molecule has 1 unspecified atom stereocenters. The third-order valence-electron chi connectivity index (χ3n) is 6.10. The topological polar surface area (TPSA) is 136 Å². The zero-order valence-corrected chi connectivity index (χ0v) is 16.5. The lowest BCUT2D eigenvalue weighted by molar-refractivity contribution is -0.163. The molecule has 6 N–H and O–H groups in total. The van der Waals surface area contributed by atoms with Crippen LogP contribution in [0.3, 0.4) is 0 Å². The Balaban J connectivity index is 1.74. The van der Waals surface area contributed by atoms with E-state index < -0.39 is 18.0 Å². The molecular weight excluding hydrogens is 370 g/mol. The van der Waals surface area contributed by atoms with Crippen molar-refractivity contribution < 1.29 is 24.9 Å². The highest BCUT2D eigenvalue weighted by Crippen LogP contribution is 2.51. The molecule has 2 saturated heterocycles. The Labute approximate surface area is 163 Å². The lowest BCUT2D eigenvalue weighted by atomic mass is 9.79. The van der Waals surface area contributed by atoms with Crippen molar-refractivity contribution in [2.24, 2.45) is 23.5 Å². The largest absolute Gasteiger partial charge is 0.477 e. The maximum atomic E-state index is 12.4. The summed E-state index contributed by atoms with van der Waals surface area (Å²) < 4.78 is 0. The van der Waals surface area contributed by atoms with E-state index in [4.69, 9.17) is 5.73 Å². The second kappa shape index (κ2) is 8.08. The van der Waals surface area contributed by atoms with Gasteiger partial charge in [-0.2, -0.15) is 0 Å². The summed E-state index contributed by atoms with van der Waals surface area (Å²) in [4.78, 5) is 26.3. The Morgan fingerprint density at radius 3 is 2.74 bits per heavy atom. The molecule has 0 aliphatic carbocycles. The van der Waals surface area contributed by atoms with Gasteiger partial charge in [0.25, 0.3) is 0 Å². The number of nitrogens with one attached hydrogen (secondary N) is 1. The van der Waals surface area contributed by atoms with Crippen LogP contribution in [0.15, 0.2) is 10.6 Å². The molecule has 3 aliphatic heterocycles. The molecule has 8 nitrogen and oxygen atoms in total. The molecule has 1 amide bonds. The number of carboxylic acid groups (broad SMARTS) is 1. The molecule has 7 atom stereocenters. The number of aliphatic carboxylic acids is 1. The van der Waals surface area contributed by atoms with Crippen LogP contribution in [0, 0.1) is 17.8 Å². The molecule has 0 aromatic carbocycles. The highest BCUT2D eigenvalue weighted by molar-refractivity contribution is 8.03. The number of aliphatic hydroxyl groups is 2. The number of carboxylic acids is 1. The lowest BCUT2D eigenvalue weighted by Crippen LogP contribution is -2.63.